The number of rotatable bonds is 6. The van der Waals surface area contributed by atoms with Crippen LogP contribution in [0.3, 0.4) is 0 Å². The molecule has 9 nitrogen and oxygen atoms in total. The summed E-state index contributed by atoms with van der Waals surface area (Å²) in [7, 11) is 0. The van der Waals surface area contributed by atoms with Crippen molar-refractivity contribution in [3.8, 4) is 29.0 Å². The number of halogens is 2. The molecule has 0 saturated heterocycles. The van der Waals surface area contributed by atoms with Gasteiger partial charge in [-0.3, -0.25) is 9.13 Å². The smallest absolute Gasteiger partial charge is 0.328 e. The molecule has 198 valence electrons. The number of fused-ring (bicyclic) bond motifs is 2. The van der Waals surface area contributed by atoms with Crippen molar-refractivity contribution >= 4 is 22.2 Å². The van der Waals surface area contributed by atoms with Gasteiger partial charge in [0.25, 0.3) is 0 Å². The number of nitrogens with one attached hydrogen (secondary N) is 1. The molecular formula is C29H21F2N7O2. The van der Waals surface area contributed by atoms with Crippen LogP contribution in [0.25, 0.3) is 39.4 Å². The molecule has 6 rings (SSSR count). The number of H-pyrrole nitrogens is 1. The SMILES string of the molecule is CCOc1c(F)cccc1C(C)n1c(=O)[nH]c2c(-c3ccc(C#N)cc3)nc(-n3cnc4ccc(F)cc43)nc21. The molecule has 0 fully saturated rings. The molecule has 6 aromatic rings. The average Bonchev–Trinajstić information content (AvgIpc) is 3.53. The van der Waals surface area contributed by atoms with E-state index in [9.17, 15) is 18.8 Å². The van der Waals surface area contributed by atoms with E-state index in [1.807, 2.05) is 0 Å². The molecule has 0 saturated carbocycles. The second-order valence-corrected chi connectivity index (χ2v) is 9.07. The van der Waals surface area contributed by atoms with E-state index in [-0.39, 0.29) is 24.0 Å². The molecule has 3 aromatic carbocycles. The Bertz CT molecular complexity index is 2000. The van der Waals surface area contributed by atoms with Crippen LogP contribution >= 0.6 is 0 Å². The fraction of sp³-hybridized carbons (Fsp3) is 0.138. The summed E-state index contributed by atoms with van der Waals surface area (Å²) < 4.78 is 37.4. The lowest BCUT2D eigenvalue weighted by molar-refractivity contribution is 0.314. The summed E-state index contributed by atoms with van der Waals surface area (Å²) >= 11 is 0. The number of aromatic nitrogens is 6. The maximum atomic E-state index is 14.7. The van der Waals surface area contributed by atoms with Gasteiger partial charge in [0.2, 0.25) is 5.95 Å². The fourth-order valence-electron chi connectivity index (χ4n) is 4.80. The van der Waals surface area contributed by atoms with Gasteiger partial charge in [-0.2, -0.15) is 10.2 Å². The number of aromatic amines is 1. The molecule has 11 heteroatoms. The number of nitriles is 1. The zero-order valence-electron chi connectivity index (χ0n) is 21.4. The van der Waals surface area contributed by atoms with E-state index in [0.29, 0.717) is 38.9 Å². The highest BCUT2D eigenvalue weighted by atomic mass is 19.1. The van der Waals surface area contributed by atoms with Crippen LogP contribution in [0.2, 0.25) is 0 Å². The predicted octanol–water partition coefficient (Wildman–Crippen LogP) is 5.28. The molecule has 0 aliphatic carbocycles. The van der Waals surface area contributed by atoms with E-state index in [0.717, 1.165) is 0 Å². The quantitative estimate of drug-likeness (QED) is 0.309. The third kappa shape index (κ3) is 4.06. The van der Waals surface area contributed by atoms with Crippen molar-refractivity contribution in [3.05, 3.63) is 100 Å². The van der Waals surface area contributed by atoms with Crippen LogP contribution in [0.5, 0.6) is 5.75 Å². The molecule has 0 aliphatic heterocycles. The van der Waals surface area contributed by atoms with E-state index in [1.165, 1.54) is 33.7 Å². The number of para-hydroxylation sites is 1. The van der Waals surface area contributed by atoms with Gasteiger partial charge in [0.1, 0.15) is 23.4 Å². The fourth-order valence-corrected chi connectivity index (χ4v) is 4.80. The zero-order valence-corrected chi connectivity index (χ0v) is 21.4. The predicted molar refractivity (Wildman–Crippen MR) is 144 cm³/mol. The number of hydrogen-bond donors (Lipinski definition) is 1. The Labute approximate surface area is 226 Å². The van der Waals surface area contributed by atoms with E-state index >= 15 is 0 Å². The highest BCUT2D eigenvalue weighted by molar-refractivity contribution is 5.88. The Balaban J connectivity index is 1.64. The first-order valence-corrected chi connectivity index (χ1v) is 12.5. The molecule has 1 atom stereocenters. The molecule has 0 aliphatic rings. The Morgan fingerprint density at radius 2 is 1.90 bits per heavy atom. The lowest BCUT2D eigenvalue weighted by Gasteiger charge is -2.18. The standard InChI is InChI=1S/C29H21F2N7O2/c1-3-40-26-20(5-4-6-21(26)31)16(2)38-27-25(35-29(38)39)24(18-9-7-17(14-32)8-10-18)34-28(36-27)37-15-33-22-12-11-19(30)13-23(22)37/h4-13,15-16H,3H2,1-2H3,(H,35,39). The van der Waals surface area contributed by atoms with E-state index in [2.05, 4.69) is 16.0 Å². The van der Waals surface area contributed by atoms with E-state index in [1.54, 1.807) is 56.3 Å². The van der Waals surface area contributed by atoms with Crippen molar-refractivity contribution in [3.63, 3.8) is 0 Å². The highest BCUT2D eigenvalue weighted by Gasteiger charge is 2.25. The number of nitrogens with zero attached hydrogens (tertiary/aromatic N) is 6. The first kappa shape index (κ1) is 24.9. The van der Waals surface area contributed by atoms with Gasteiger partial charge in [-0.25, -0.2) is 23.5 Å². The van der Waals surface area contributed by atoms with Crippen molar-refractivity contribution in [1.82, 2.24) is 29.1 Å². The highest BCUT2D eigenvalue weighted by Crippen LogP contribution is 2.33. The molecule has 0 bridgehead atoms. The molecule has 0 amide bonds. The van der Waals surface area contributed by atoms with Crippen molar-refractivity contribution in [2.75, 3.05) is 6.61 Å². The third-order valence-electron chi connectivity index (χ3n) is 6.69. The van der Waals surface area contributed by atoms with Gasteiger partial charge in [-0.1, -0.05) is 24.3 Å². The summed E-state index contributed by atoms with van der Waals surface area (Å²) in [5.74, 6) is -0.801. The van der Waals surface area contributed by atoms with Crippen LogP contribution in [0, 0.1) is 23.0 Å². The Hall–Kier alpha value is -5.37. The lowest BCUT2D eigenvalue weighted by atomic mass is 10.1. The Kier molecular flexibility index (Phi) is 6.07. The molecule has 3 aromatic heterocycles. The topological polar surface area (TPSA) is 114 Å². The number of imidazole rings is 2. The van der Waals surface area contributed by atoms with Crippen LogP contribution in [-0.2, 0) is 0 Å². The van der Waals surface area contributed by atoms with Gasteiger partial charge in [-0.05, 0) is 44.2 Å². The van der Waals surface area contributed by atoms with Crippen molar-refractivity contribution in [1.29, 1.82) is 5.26 Å². The van der Waals surface area contributed by atoms with Gasteiger partial charge in [-0.15, -0.1) is 0 Å². The van der Waals surface area contributed by atoms with Gasteiger partial charge < -0.3 is 9.72 Å². The summed E-state index contributed by atoms with van der Waals surface area (Å²) in [6.45, 7) is 3.74. The number of benzene rings is 3. The maximum Gasteiger partial charge on any atom is 0.328 e. The third-order valence-corrected chi connectivity index (χ3v) is 6.69. The molecule has 0 spiro atoms. The summed E-state index contributed by atoms with van der Waals surface area (Å²) in [6, 6.07) is 16.8. The van der Waals surface area contributed by atoms with Crippen LogP contribution < -0.4 is 10.4 Å². The maximum absolute atomic E-state index is 14.7. The van der Waals surface area contributed by atoms with Crippen LogP contribution in [0.4, 0.5) is 8.78 Å². The molecule has 1 unspecified atom stereocenters. The van der Waals surface area contributed by atoms with Crippen molar-refractivity contribution in [2.24, 2.45) is 0 Å². The van der Waals surface area contributed by atoms with Gasteiger partial charge in [0.15, 0.2) is 17.2 Å². The average molecular weight is 538 g/mol. The molecule has 40 heavy (non-hydrogen) atoms. The first-order valence-electron chi connectivity index (χ1n) is 12.5. The van der Waals surface area contributed by atoms with Crippen LogP contribution in [-0.4, -0.2) is 35.7 Å². The second kappa shape index (κ2) is 9.74. The minimum absolute atomic E-state index is 0.0522. The van der Waals surface area contributed by atoms with E-state index < -0.39 is 23.4 Å². The molecule has 1 N–H and O–H groups in total. The monoisotopic (exact) mass is 537 g/mol. The zero-order chi connectivity index (χ0) is 28.0. The minimum atomic E-state index is -0.688. The largest absolute Gasteiger partial charge is 0.490 e. The second-order valence-electron chi connectivity index (χ2n) is 9.07. The molecular weight excluding hydrogens is 516 g/mol. The van der Waals surface area contributed by atoms with Crippen molar-refractivity contribution < 1.29 is 13.5 Å². The summed E-state index contributed by atoms with van der Waals surface area (Å²) in [4.78, 5) is 30.1. The summed E-state index contributed by atoms with van der Waals surface area (Å²) in [5.41, 5.74) is 2.98. The van der Waals surface area contributed by atoms with E-state index in [4.69, 9.17) is 14.7 Å². The van der Waals surface area contributed by atoms with Gasteiger partial charge >= 0.3 is 5.69 Å². The minimum Gasteiger partial charge on any atom is -0.490 e. The van der Waals surface area contributed by atoms with Crippen LogP contribution in [0.1, 0.15) is 31.0 Å². The summed E-state index contributed by atoms with van der Waals surface area (Å²) in [6.07, 6.45) is 1.48. The first-order chi connectivity index (χ1) is 19.4. The molecule has 0 radical (unpaired) electrons. The van der Waals surface area contributed by atoms with Gasteiger partial charge in [0.05, 0.1) is 35.3 Å². The Morgan fingerprint density at radius 1 is 1.10 bits per heavy atom. The molecule has 3 heterocycles. The number of ether oxygens (including phenoxy) is 1. The summed E-state index contributed by atoms with van der Waals surface area (Å²) in [5, 5.41) is 9.25. The lowest BCUT2D eigenvalue weighted by Crippen LogP contribution is -2.22. The Morgan fingerprint density at radius 3 is 2.65 bits per heavy atom. The van der Waals surface area contributed by atoms with Crippen LogP contribution in [0.15, 0.2) is 71.8 Å². The number of hydrogen-bond acceptors (Lipinski definition) is 6. The van der Waals surface area contributed by atoms with Gasteiger partial charge in [0, 0.05) is 17.2 Å². The normalized spacial score (nSPS) is 12.1. The van der Waals surface area contributed by atoms with Crippen molar-refractivity contribution in [2.45, 2.75) is 19.9 Å².